The van der Waals surface area contributed by atoms with Crippen molar-refractivity contribution in [2.75, 3.05) is 33.0 Å². The Labute approximate surface area is 109 Å². The Bertz CT molecular complexity index is 391. The highest BCUT2D eigenvalue weighted by molar-refractivity contribution is 5.44. The van der Waals surface area contributed by atoms with Crippen LogP contribution < -0.4 is 10.5 Å². The van der Waals surface area contributed by atoms with Gasteiger partial charge >= 0.3 is 0 Å². The fourth-order valence-electron chi connectivity index (χ4n) is 1.48. The van der Waals surface area contributed by atoms with Gasteiger partial charge in [-0.05, 0) is 27.4 Å². The molecule has 0 aliphatic carbocycles. The molecule has 0 spiro atoms. The second-order valence-corrected chi connectivity index (χ2v) is 5.06. The summed E-state index contributed by atoms with van der Waals surface area (Å²) in [5.74, 6) is 2.11. The average molecular weight is 252 g/mol. The van der Waals surface area contributed by atoms with Crippen molar-refractivity contribution in [2.24, 2.45) is 0 Å². The van der Waals surface area contributed by atoms with Gasteiger partial charge in [-0.1, -0.05) is 13.8 Å². The highest BCUT2D eigenvalue weighted by atomic mass is 16.5. The van der Waals surface area contributed by atoms with Gasteiger partial charge in [0.15, 0.2) is 0 Å². The highest BCUT2D eigenvalue weighted by Gasteiger charge is 2.12. The normalized spacial score (nSPS) is 11.3. The van der Waals surface area contributed by atoms with Gasteiger partial charge in [0.2, 0.25) is 5.88 Å². The van der Waals surface area contributed by atoms with E-state index in [1.807, 2.05) is 34.9 Å². The summed E-state index contributed by atoms with van der Waals surface area (Å²) in [6.45, 7) is 7.62. The number of nitrogens with two attached hydrogens (primary N) is 1. The molecule has 0 bridgehead atoms. The largest absolute Gasteiger partial charge is 0.477 e. The monoisotopic (exact) mass is 252 g/mol. The van der Waals surface area contributed by atoms with E-state index in [1.54, 1.807) is 0 Å². The summed E-state index contributed by atoms with van der Waals surface area (Å²) in [5.41, 5.74) is 6.70. The first kappa shape index (κ1) is 14.7. The lowest BCUT2D eigenvalue weighted by atomic mass is 10.2. The van der Waals surface area contributed by atoms with Crippen LogP contribution in [0.2, 0.25) is 0 Å². The Morgan fingerprint density at radius 1 is 1.28 bits per heavy atom. The molecule has 0 amide bonds. The van der Waals surface area contributed by atoms with E-state index >= 15 is 0 Å². The minimum atomic E-state index is 0.247. The Hall–Kier alpha value is -1.36. The van der Waals surface area contributed by atoms with E-state index in [4.69, 9.17) is 10.5 Å². The number of nitrogens with zero attached hydrogens (tertiary/aromatic N) is 3. The van der Waals surface area contributed by atoms with Gasteiger partial charge in [-0.15, -0.1) is 0 Å². The number of ether oxygens (including phenoxy) is 1. The van der Waals surface area contributed by atoms with E-state index in [2.05, 4.69) is 14.9 Å². The minimum Gasteiger partial charge on any atom is -0.477 e. The molecule has 1 aromatic rings. The number of hydrogen-bond acceptors (Lipinski definition) is 5. The van der Waals surface area contributed by atoms with Crippen molar-refractivity contribution in [2.45, 2.75) is 33.1 Å². The van der Waals surface area contributed by atoms with Crippen LogP contribution >= 0.6 is 0 Å². The number of anilines is 1. The molecule has 2 N–H and O–H groups in total. The Morgan fingerprint density at radius 3 is 2.50 bits per heavy atom. The summed E-state index contributed by atoms with van der Waals surface area (Å²) < 4.78 is 5.70. The van der Waals surface area contributed by atoms with Crippen molar-refractivity contribution in [1.82, 2.24) is 14.9 Å². The van der Waals surface area contributed by atoms with Crippen molar-refractivity contribution in [3.63, 3.8) is 0 Å². The molecule has 0 atom stereocenters. The third-order valence-corrected chi connectivity index (χ3v) is 2.66. The summed E-state index contributed by atoms with van der Waals surface area (Å²) in [5, 5.41) is 0. The zero-order valence-electron chi connectivity index (χ0n) is 12.0. The van der Waals surface area contributed by atoms with E-state index in [-0.39, 0.29) is 5.92 Å². The summed E-state index contributed by atoms with van der Waals surface area (Å²) >= 11 is 0. The zero-order chi connectivity index (χ0) is 13.7. The van der Waals surface area contributed by atoms with Gasteiger partial charge in [-0.3, -0.25) is 0 Å². The zero-order valence-corrected chi connectivity index (χ0v) is 12.0. The van der Waals surface area contributed by atoms with Gasteiger partial charge in [-0.2, -0.15) is 4.98 Å². The third-order valence-electron chi connectivity index (χ3n) is 2.66. The molecule has 0 fully saturated rings. The Kier molecular flexibility index (Phi) is 5.34. The molecule has 102 valence electrons. The molecule has 1 rings (SSSR count). The fourth-order valence-corrected chi connectivity index (χ4v) is 1.48. The lowest BCUT2D eigenvalue weighted by Gasteiger charge is -2.14. The third kappa shape index (κ3) is 4.14. The molecule has 0 aliphatic heterocycles. The quantitative estimate of drug-likeness (QED) is 0.782. The van der Waals surface area contributed by atoms with Crippen molar-refractivity contribution in [3.05, 3.63) is 11.4 Å². The molecule has 0 aromatic carbocycles. The van der Waals surface area contributed by atoms with Crippen LogP contribution in [0.1, 0.15) is 37.6 Å². The lowest BCUT2D eigenvalue weighted by Crippen LogP contribution is -2.16. The molecule has 1 aromatic heterocycles. The minimum absolute atomic E-state index is 0.247. The topological polar surface area (TPSA) is 64.3 Å². The number of nitrogen functional groups attached to an aromatic ring is 1. The second kappa shape index (κ2) is 6.54. The van der Waals surface area contributed by atoms with Crippen LogP contribution in [0.4, 0.5) is 5.82 Å². The predicted octanol–water partition coefficient (Wildman–Crippen LogP) is 1.82. The van der Waals surface area contributed by atoms with Crippen LogP contribution in [0.3, 0.4) is 0 Å². The van der Waals surface area contributed by atoms with E-state index in [0.29, 0.717) is 18.3 Å². The smallest absolute Gasteiger partial charge is 0.221 e. The van der Waals surface area contributed by atoms with Gasteiger partial charge in [0, 0.05) is 12.5 Å². The molecule has 0 radical (unpaired) electrons. The Morgan fingerprint density at radius 2 is 1.94 bits per heavy atom. The van der Waals surface area contributed by atoms with Gasteiger partial charge in [0.25, 0.3) is 0 Å². The summed E-state index contributed by atoms with van der Waals surface area (Å²) in [6.07, 6.45) is 0.966. The molecule has 18 heavy (non-hydrogen) atoms. The van der Waals surface area contributed by atoms with Gasteiger partial charge < -0.3 is 15.4 Å². The standard InChI is InChI=1S/C13H24N4O/c1-9(2)12-15-11(14)10(3)13(16-12)18-8-6-7-17(4)5/h9H,6-8H2,1-5H3,(H2,14,15,16). The van der Waals surface area contributed by atoms with E-state index in [0.717, 1.165) is 24.4 Å². The van der Waals surface area contributed by atoms with Crippen LogP contribution in [-0.4, -0.2) is 42.1 Å². The lowest BCUT2D eigenvalue weighted by molar-refractivity contribution is 0.270. The molecule has 5 heteroatoms. The summed E-state index contributed by atoms with van der Waals surface area (Å²) in [6, 6.07) is 0. The highest BCUT2D eigenvalue weighted by Crippen LogP contribution is 2.22. The SMILES string of the molecule is Cc1c(N)nc(C(C)C)nc1OCCCN(C)C. The van der Waals surface area contributed by atoms with E-state index in [1.165, 1.54) is 0 Å². The molecule has 1 heterocycles. The molecule has 5 nitrogen and oxygen atoms in total. The van der Waals surface area contributed by atoms with Crippen molar-refractivity contribution < 1.29 is 4.74 Å². The van der Waals surface area contributed by atoms with Crippen LogP contribution in [-0.2, 0) is 0 Å². The first-order chi connectivity index (χ1) is 8.41. The van der Waals surface area contributed by atoms with Gasteiger partial charge in [-0.25, -0.2) is 4.98 Å². The van der Waals surface area contributed by atoms with Crippen LogP contribution in [0.25, 0.3) is 0 Å². The number of aromatic nitrogens is 2. The van der Waals surface area contributed by atoms with Gasteiger partial charge in [0.1, 0.15) is 11.6 Å². The predicted molar refractivity (Wildman–Crippen MR) is 73.9 cm³/mol. The van der Waals surface area contributed by atoms with Gasteiger partial charge in [0.05, 0.1) is 12.2 Å². The van der Waals surface area contributed by atoms with Crippen molar-refractivity contribution in [3.8, 4) is 5.88 Å². The first-order valence-corrected chi connectivity index (χ1v) is 6.33. The van der Waals surface area contributed by atoms with E-state index in [9.17, 15) is 0 Å². The molecule has 0 saturated carbocycles. The Balaban J connectivity index is 2.69. The number of rotatable bonds is 6. The second-order valence-electron chi connectivity index (χ2n) is 5.06. The molecular weight excluding hydrogens is 228 g/mol. The molecule has 0 aliphatic rings. The maximum atomic E-state index is 5.87. The number of hydrogen-bond donors (Lipinski definition) is 1. The van der Waals surface area contributed by atoms with Crippen LogP contribution in [0.15, 0.2) is 0 Å². The van der Waals surface area contributed by atoms with E-state index < -0.39 is 0 Å². The molecular formula is C13H24N4O. The fraction of sp³-hybridized carbons (Fsp3) is 0.692. The summed E-state index contributed by atoms with van der Waals surface area (Å²) in [7, 11) is 4.09. The maximum absolute atomic E-state index is 5.87. The van der Waals surface area contributed by atoms with Crippen LogP contribution in [0.5, 0.6) is 5.88 Å². The van der Waals surface area contributed by atoms with Crippen molar-refractivity contribution >= 4 is 5.82 Å². The van der Waals surface area contributed by atoms with Crippen molar-refractivity contribution in [1.29, 1.82) is 0 Å². The summed E-state index contributed by atoms with van der Waals surface area (Å²) in [4.78, 5) is 10.8. The van der Waals surface area contributed by atoms with Crippen LogP contribution in [0, 0.1) is 6.92 Å². The molecule has 0 saturated heterocycles. The first-order valence-electron chi connectivity index (χ1n) is 6.33. The molecule has 0 unspecified atom stereocenters. The average Bonchev–Trinajstić information content (AvgIpc) is 2.28. The maximum Gasteiger partial charge on any atom is 0.221 e.